The molecule has 0 saturated carbocycles. The normalized spacial score (nSPS) is 10.3. The second kappa shape index (κ2) is 7.07. The van der Waals surface area contributed by atoms with Crippen LogP contribution in [0.25, 0.3) is 0 Å². The number of rotatable bonds is 6. The average molecular weight is 234 g/mol. The molecule has 3 heteroatoms. The SMILES string of the molecule is CCCN(CCN)C(=O)Cc1ccc(C)cc1. The maximum Gasteiger partial charge on any atom is 0.227 e. The molecule has 0 aliphatic carbocycles. The van der Waals surface area contributed by atoms with Crippen LogP contribution in [0.15, 0.2) is 24.3 Å². The zero-order chi connectivity index (χ0) is 12.7. The Hall–Kier alpha value is -1.35. The van der Waals surface area contributed by atoms with E-state index in [1.165, 1.54) is 5.56 Å². The maximum atomic E-state index is 12.0. The highest BCUT2D eigenvalue weighted by atomic mass is 16.2. The van der Waals surface area contributed by atoms with Crippen molar-refractivity contribution in [1.82, 2.24) is 4.90 Å². The van der Waals surface area contributed by atoms with Crippen molar-refractivity contribution < 1.29 is 4.79 Å². The second-order valence-corrected chi connectivity index (χ2v) is 4.33. The number of amides is 1. The highest BCUT2D eigenvalue weighted by Gasteiger charge is 2.11. The van der Waals surface area contributed by atoms with Gasteiger partial charge in [-0.1, -0.05) is 36.8 Å². The molecule has 94 valence electrons. The van der Waals surface area contributed by atoms with Crippen molar-refractivity contribution in [3.8, 4) is 0 Å². The quantitative estimate of drug-likeness (QED) is 0.815. The summed E-state index contributed by atoms with van der Waals surface area (Å²) in [4.78, 5) is 13.9. The molecule has 0 radical (unpaired) electrons. The van der Waals surface area contributed by atoms with E-state index in [9.17, 15) is 4.79 Å². The van der Waals surface area contributed by atoms with Crippen LogP contribution in [0, 0.1) is 6.92 Å². The molecule has 0 bridgehead atoms. The molecule has 17 heavy (non-hydrogen) atoms. The van der Waals surface area contributed by atoms with Gasteiger partial charge in [-0.2, -0.15) is 0 Å². The third kappa shape index (κ3) is 4.57. The number of nitrogens with zero attached hydrogens (tertiary/aromatic N) is 1. The number of carbonyl (C=O) groups excluding carboxylic acids is 1. The molecule has 1 aromatic carbocycles. The van der Waals surface area contributed by atoms with E-state index in [4.69, 9.17) is 5.73 Å². The Morgan fingerprint density at radius 3 is 2.41 bits per heavy atom. The first-order chi connectivity index (χ1) is 8.17. The van der Waals surface area contributed by atoms with Gasteiger partial charge in [0.1, 0.15) is 0 Å². The average Bonchev–Trinajstić information content (AvgIpc) is 2.32. The van der Waals surface area contributed by atoms with Gasteiger partial charge in [0.05, 0.1) is 6.42 Å². The summed E-state index contributed by atoms with van der Waals surface area (Å²) < 4.78 is 0. The number of benzene rings is 1. The van der Waals surface area contributed by atoms with Crippen LogP contribution in [0.2, 0.25) is 0 Å². The van der Waals surface area contributed by atoms with Crippen molar-refractivity contribution in [2.75, 3.05) is 19.6 Å². The van der Waals surface area contributed by atoms with Crippen LogP contribution in [0.1, 0.15) is 24.5 Å². The van der Waals surface area contributed by atoms with E-state index in [1.807, 2.05) is 36.1 Å². The van der Waals surface area contributed by atoms with Gasteiger partial charge < -0.3 is 10.6 Å². The first-order valence-corrected chi connectivity index (χ1v) is 6.20. The lowest BCUT2D eigenvalue weighted by atomic mass is 10.1. The molecule has 1 aromatic rings. The van der Waals surface area contributed by atoms with Crippen LogP contribution in [-0.2, 0) is 11.2 Å². The maximum absolute atomic E-state index is 12.0. The summed E-state index contributed by atoms with van der Waals surface area (Å²) in [6.07, 6.45) is 1.44. The largest absolute Gasteiger partial charge is 0.341 e. The van der Waals surface area contributed by atoms with Gasteiger partial charge in [0.15, 0.2) is 0 Å². The summed E-state index contributed by atoms with van der Waals surface area (Å²) in [5.41, 5.74) is 7.80. The molecule has 0 fully saturated rings. The summed E-state index contributed by atoms with van der Waals surface area (Å²) in [5.74, 6) is 0.168. The van der Waals surface area contributed by atoms with Crippen molar-refractivity contribution in [3.63, 3.8) is 0 Å². The minimum atomic E-state index is 0.168. The highest BCUT2D eigenvalue weighted by Crippen LogP contribution is 2.06. The van der Waals surface area contributed by atoms with Crippen LogP contribution in [-0.4, -0.2) is 30.4 Å². The van der Waals surface area contributed by atoms with E-state index in [-0.39, 0.29) is 5.91 Å². The first kappa shape index (κ1) is 13.7. The predicted molar refractivity (Wildman–Crippen MR) is 70.8 cm³/mol. The number of hydrogen-bond acceptors (Lipinski definition) is 2. The van der Waals surface area contributed by atoms with Crippen LogP contribution in [0.5, 0.6) is 0 Å². The van der Waals surface area contributed by atoms with E-state index >= 15 is 0 Å². The molecule has 1 rings (SSSR count). The molecule has 1 amide bonds. The summed E-state index contributed by atoms with van der Waals surface area (Å²) in [7, 11) is 0. The van der Waals surface area contributed by atoms with Crippen LogP contribution >= 0.6 is 0 Å². The van der Waals surface area contributed by atoms with E-state index in [2.05, 4.69) is 6.92 Å². The van der Waals surface area contributed by atoms with Crippen molar-refractivity contribution in [2.24, 2.45) is 5.73 Å². The lowest BCUT2D eigenvalue weighted by Gasteiger charge is -2.21. The lowest BCUT2D eigenvalue weighted by Crippen LogP contribution is -2.36. The van der Waals surface area contributed by atoms with Gasteiger partial charge in [-0.15, -0.1) is 0 Å². The lowest BCUT2D eigenvalue weighted by molar-refractivity contribution is -0.130. The molecular formula is C14H22N2O. The number of hydrogen-bond donors (Lipinski definition) is 1. The van der Waals surface area contributed by atoms with Crippen LogP contribution < -0.4 is 5.73 Å². The number of carbonyl (C=O) groups is 1. The second-order valence-electron chi connectivity index (χ2n) is 4.33. The van der Waals surface area contributed by atoms with E-state index in [0.717, 1.165) is 18.5 Å². The topological polar surface area (TPSA) is 46.3 Å². The Morgan fingerprint density at radius 1 is 1.24 bits per heavy atom. The van der Waals surface area contributed by atoms with Gasteiger partial charge in [0.2, 0.25) is 5.91 Å². The molecule has 0 aliphatic heterocycles. The highest BCUT2D eigenvalue weighted by molar-refractivity contribution is 5.78. The summed E-state index contributed by atoms with van der Waals surface area (Å²) >= 11 is 0. The monoisotopic (exact) mass is 234 g/mol. The van der Waals surface area contributed by atoms with Crippen molar-refractivity contribution >= 4 is 5.91 Å². The molecule has 0 atom stereocenters. The molecule has 0 spiro atoms. The van der Waals surface area contributed by atoms with Gasteiger partial charge in [0.25, 0.3) is 0 Å². The van der Waals surface area contributed by atoms with Crippen LogP contribution in [0.4, 0.5) is 0 Å². The Labute approximate surface area is 104 Å². The van der Waals surface area contributed by atoms with Gasteiger partial charge in [-0.3, -0.25) is 4.79 Å². The Morgan fingerprint density at radius 2 is 1.88 bits per heavy atom. The smallest absolute Gasteiger partial charge is 0.227 e. The fraction of sp³-hybridized carbons (Fsp3) is 0.500. The van der Waals surface area contributed by atoms with E-state index in [1.54, 1.807) is 0 Å². The van der Waals surface area contributed by atoms with Gasteiger partial charge in [-0.25, -0.2) is 0 Å². The first-order valence-electron chi connectivity index (χ1n) is 6.20. The zero-order valence-corrected chi connectivity index (χ0v) is 10.8. The fourth-order valence-corrected chi connectivity index (χ4v) is 1.78. The molecule has 0 aromatic heterocycles. The molecule has 2 N–H and O–H groups in total. The Bertz CT molecular complexity index is 340. The third-order valence-corrected chi connectivity index (χ3v) is 2.72. The minimum absolute atomic E-state index is 0.168. The molecule has 3 nitrogen and oxygen atoms in total. The van der Waals surface area contributed by atoms with Crippen LogP contribution in [0.3, 0.4) is 0 Å². The third-order valence-electron chi connectivity index (χ3n) is 2.72. The zero-order valence-electron chi connectivity index (χ0n) is 10.8. The summed E-state index contributed by atoms with van der Waals surface area (Å²) in [6.45, 7) is 6.09. The minimum Gasteiger partial charge on any atom is -0.341 e. The molecule has 0 unspecified atom stereocenters. The Kier molecular flexibility index (Phi) is 5.70. The molecular weight excluding hydrogens is 212 g/mol. The van der Waals surface area contributed by atoms with E-state index < -0.39 is 0 Å². The summed E-state index contributed by atoms with van der Waals surface area (Å²) in [6, 6.07) is 8.10. The standard InChI is InChI=1S/C14H22N2O/c1-3-9-16(10-8-15)14(17)11-13-6-4-12(2)5-7-13/h4-7H,3,8-11,15H2,1-2H3. The van der Waals surface area contributed by atoms with Gasteiger partial charge in [0, 0.05) is 19.6 Å². The number of aryl methyl sites for hydroxylation is 1. The van der Waals surface area contributed by atoms with E-state index in [0.29, 0.717) is 19.5 Å². The fourth-order valence-electron chi connectivity index (χ4n) is 1.78. The molecule has 0 saturated heterocycles. The van der Waals surface area contributed by atoms with Gasteiger partial charge >= 0.3 is 0 Å². The number of nitrogens with two attached hydrogens (primary N) is 1. The Balaban J connectivity index is 2.59. The van der Waals surface area contributed by atoms with Crippen molar-refractivity contribution in [2.45, 2.75) is 26.7 Å². The molecule has 0 aliphatic rings. The van der Waals surface area contributed by atoms with Crippen molar-refractivity contribution in [1.29, 1.82) is 0 Å². The van der Waals surface area contributed by atoms with Crippen molar-refractivity contribution in [3.05, 3.63) is 35.4 Å². The predicted octanol–water partition coefficient (Wildman–Crippen LogP) is 1.73. The van der Waals surface area contributed by atoms with Gasteiger partial charge in [-0.05, 0) is 18.9 Å². The summed E-state index contributed by atoms with van der Waals surface area (Å²) in [5, 5.41) is 0. The molecule has 0 heterocycles.